The summed E-state index contributed by atoms with van der Waals surface area (Å²) in [6, 6.07) is 5.43. The van der Waals surface area contributed by atoms with Crippen molar-refractivity contribution in [3.8, 4) is 0 Å². The lowest BCUT2D eigenvalue weighted by Gasteiger charge is -2.18. The van der Waals surface area contributed by atoms with Crippen LogP contribution in [0.4, 0.5) is 0 Å². The van der Waals surface area contributed by atoms with Crippen LogP contribution < -0.4 is 11.1 Å². The van der Waals surface area contributed by atoms with Crippen molar-refractivity contribution in [1.82, 2.24) is 10.3 Å². The van der Waals surface area contributed by atoms with Crippen molar-refractivity contribution in [2.45, 2.75) is 33.2 Å². The standard InChI is InChI=1S/C13H21N3O.2ClH/c1-9(2)7-11(8-14)16-13(17)12-6-4-5-10(3)15-12;;/h4-6,9,11H,7-8,14H2,1-3H3,(H,16,17);2*1H. The number of hydrogen-bond acceptors (Lipinski definition) is 3. The second kappa shape index (κ2) is 10.0. The maximum absolute atomic E-state index is 11.9. The van der Waals surface area contributed by atoms with E-state index in [-0.39, 0.29) is 36.8 Å². The van der Waals surface area contributed by atoms with Gasteiger partial charge in [0.1, 0.15) is 5.69 Å². The Morgan fingerprint density at radius 3 is 2.47 bits per heavy atom. The van der Waals surface area contributed by atoms with E-state index in [1.54, 1.807) is 6.07 Å². The van der Waals surface area contributed by atoms with Crippen molar-refractivity contribution in [2.75, 3.05) is 6.54 Å². The molecule has 0 aromatic carbocycles. The third-order valence-electron chi connectivity index (χ3n) is 2.50. The molecule has 0 bridgehead atoms. The number of amides is 1. The number of hydrogen-bond donors (Lipinski definition) is 2. The molecule has 19 heavy (non-hydrogen) atoms. The van der Waals surface area contributed by atoms with E-state index in [0.717, 1.165) is 12.1 Å². The highest BCUT2D eigenvalue weighted by Crippen LogP contribution is 2.05. The number of carbonyl (C=O) groups is 1. The Hall–Kier alpha value is -0.840. The van der Waals surface area contributed by atoms with Gasteiger partial charge in [0.2, 0.25) is 0 Å². The number of halogens is 2. The van der Waals surface area contributed by atoms with Crippen LogP contribution in [0.1, 0.15) is 36.5 Å². The molecule has 3 N–H and O–H groups in total. The highest BCUT2D eigenvalue weighted by atomic mass is 35.5. The summed E-state index contributed by atoms with van der Waals surface area (Å²) in [4.78, 5) is 16.1. The summed E-state index contributed by atoms with van der Waals surface area (Å²) >= 11 is 0. The van der Waals surface area contributed by atoms with E-state index < -0.39 is 0 Å². The molecule has 1 aromatic heterocycles. The van der Waals surface area contributed by atoms with Crippen LogP contribution in [-0.4, -0.2) is 23.5 Å². The Labute approximate surface area is 127 Å². The Morgan fingerprint density at radius 1 is 1.37 bits per heavy atom. The fraction of sp³-hybridized carbons (Fsp3) is 0.538. The van der Waals surface area contributed by atoms with E-state index in [9.17, 15) is 4.79 Å². The van der Waals surface area contributed by atoms with Gasteiger partial charge in [-0.2, -0.15) is 0 Å². The predicted molar refractivity (Wildman–Crippen MR) is 83.2 cm³/mol. The summed E-state index contributed by atoms with van der Waals surface area (Å²) in [5.74, 6) is 0.360. The predicted octanol–water partition coefficient (Wildman–Crippen LogP) is 2.34. The maximum atomic E-state index is 11.9. The third-order valence-corrected chi connectivity index (χ3v) is 2.50. The lowest BCUT2D eigenvalue weighted by Crippen LogP contribution is -2.41. The van der Waals surface area contributed by atoms with E-state index in [1.165, 1.54) is 0 Å². The van der Waals surface area contributed by atoms with Crippen molar-refractivity contribution in [2.24, 2.45) is 11.7 Å². The Balaban J connectivity index is 0. The van der Waals surface area contributed by atoms with Crippen LogP contribution in [0.15, 0.2) is 18.2 Å². The van der Waals surface area contributed by atoms with E-state index in [0.29, 0.717) is 18.2 Å². The average Bonchev–Trinajstić information content (AvgIpc) is 2.27. The van der Waals surface area contributed by atoms with Crippen molar-refractivity contribution in [3.05, 3.63) is 29.6 Å². The van der Waals surface area contributed by atoms with E-state index in [1.807, 2.05) is 19.1 Å². The highest BCUT2D eigenvalue weighted by Gasteiger charge is 2.14. The van der Waals surface area contributed by atoms with Crippen molar-refractivity contribution in [1.29, 1.82) is 0 Å². The van der Waals surface area contributed by atoms with Crippen molar-refractivity contribution in [3.63, 3.8) is 0 Å². The number of nitrogens with two attached hydrogens (primary N) is 1. The Kier molecular flexibility index (Phi) is 10.8. The molecule has 6 heteroatoms. The SMILES string of the molecule is Cc1cccc(C(=O)NC(CN)CC(C)C)n1.Cl.Cl. The van der Waals surface area contributed by atoms with Crippen LogP contribution in [-0.2, 0) is 0 Å². The minimum absolute atomic E-state index is 0. The van der Waals surface area contributed by atoms with E-state index in [2.05, 4.69) is 24.1 Å². The van der Waals surface area contributed by atoms with Gasteiger partial charge in [0.05, 0.1) is 0 Å². The third kappa shape index (κ3) is 7.35. The zero-order valence-electron chi connectivity index (χ0n) is 11.6. The second-order valence-corrected chi connectivity index (χ2v) is 4.70. The molecule has 1 unspecified atom stereocenters. The molecule has 0 aliphatic heterocycles. The van der Waals surface area contributed by atoms with Gasteiger partial charge in [-0.05, 0) is 31.4 Å². The zero-order chi connectivity index (χ0) is 12.8. The minimum atomic E-state index is -0.148. The molecule has 0 spiro atoms. The van der Waals surface area contributed by atoms with Gasteiger partial charge in [0.25, 0.3) is 5.91 Å². The van der Waals surface area contributed by atoms with Gasteiger partial charge >= 0.3 is 0 Å². The molecule has 1 heterocycles. The molecular formula is C13H23Cl2N3O. The topological polar surface area (TPSA) is 68.0 Å². The van der Waals surface area contributed by atoms with Gasteiger partial charge in [-0.25, -0.2) is 4.98 Å². The van der Waals surface area contributed by atoms with Crippen molar-refractivity contribution >= 4 is 30.7 Å². The molecule has 0 aliphatic rings. The van der Waals surface area contributed by atoms with Gasteiger partial charge in [-0.1, -0.05) is 19.9 Å². The molecule has 1 aromatic rings. The van der Waals surface area contributed by atoms with Gasteiger partial charge in [0.15, 0.2) is 0 Å². The molecule has 0 radical (unpaired) electrons. The first-order valence-electron chi connectivity index (χ1n) is 5.97. The first-order chi connectivity index (χ1) is 8.02. The van der Waals surface area contributed by atoms with E-state index >= 15 is 0 Å². The number of aryl methyl sites for hydroxylation is 1. The highest BCUT2D eigenvalue weighted by molar-refractivity contribution is 5.92. The number of aromatic nitrogens is 1. The van der Waals surface area contributed by atoms with Gasteiger partial charge in [0, 0.05) is 18.3 Å². The van der Waals surface area contributed by atoms with Crippen molar-refractivity contribution < 1.29 is 4.79 Å². The quantitative estimate of drug-likeness (QED) is 0.877. The summed E-state index contributed by atoms with van der Waals surface area (Å²) < 4.78 is 0. The smallest absolute Gasteiger partial charge is 0.270 e. The molecule has 110 valence electrons. The van der Waals surface area contributed by atoms with Crippen LogP contribution in [0.2, 0.25) is 0 Å². The number of pyridine rings is 1. The summed E-state index contributed by atoms with van der Waals surface area (Å²) in [6.07, 6.45) is 0.883. The number of nitrogens with one attached hydrogen (secondary N) is 1. The monoisotopic (exact) mass is 307 g/mol. The lowest BCUT2D eigenvalue weighted by molar-refractivity contribution is 0.0928. The molecular weight excluding hydrogens is 285 g/mol. The van der Waals surface area contributed by atoms with Crippen LogP contribution in [0.25, 0.3) is 0 Å². The molecule has 1 rings (SSSR count). The summed E-state index contributed by atoms with van der Waals surface area (Å²) in [5.41, 5.74) is 6.93. The molecule has 4 nitrogen and oxygen atoms in total. The summed E-state index contributed by atoms with van der Waals surface area (Å²) in [6.45, 7) is 6.54. The Morgan fingerprint density at radius 2 is 2.00 bits per heavy atom. The molecule has 1 amide bonds. The molecule has 0 fully saturated rings. The van der Waals surface area contributed by atoms with Crippen LogP contribution >= 0.6 is 24.8 Å². The minimum Gasteiger partial charge on any atom is -0.347 e. The zero-order valence-corrected chi connectivity index (χ0v) is 13.2. The largest absolute Gasteiger partial charge is 0.347 e. The average molecular weight is 308 g/mol. The first-order valence-corrected chi connectivity index (χ1v) is 5.97. The summed E-state index contributed by atoms with van der Waals surface area (Å²) in [7, 11) is 0. The second-order valence-electron chi connectivity index (χ2n) is 4.70. The van der Waals surface area contributed by atoms with Gasteiger partial charge in [-0.15, -0.1) is 24.8 Å². The number of carbonyl (C=O) groups excluding carboxylic acids is 1. The van der Waals surface area contributed by atoms with Crippen LogP contribution in [0, 0.1) is 12.8 Å². The van der Waals surface area contributed by atoms with Crippen LogP contribution in [0.3, 0.4) is 0 Å². The normalized spacial score (nSPS) is 11.2. The molecule has 0 aliphatic carbocycles. The fourth-order valence-electron chi connectivity index (χ4n) is 1.71. The number of rotatable bonds is 5. The van der Waals surface area contributed by atoms with Gasteiger partial charge in [-0.3, -0.25) is 4.79 Å². The fourth-order valence-corrected chi connectivity index (χ4v) is 1.71. The first kappa shape index (κ1) is 20.5. The molecule has 0 saturated carbocycles. The number of nitrogens with zero attached hydrogens (tertiary/aromatic N) is 1. The lowest BCUT2D eigenvalue weighted by atomic mass is 10.0. The molecule has 1 atom stereocenters. The van der Waals surface area contributed by atoms with E-state index in [4.69, 9.17) is 5.73 Å². The van der Waals surface area contributed by atoms with Crippen LogP contribution in [0.5, 0.6) is 0 Å². The maximum Gasteiger partial charge on any atom is 0.270 e. The Bertz CT molecular complexity index is 386. The summed E-state index contributed by atoms with van der Waals surface area (Å²) in [5, 5.41) is 2.92. The molecule has 0 saturated heterocycles. The van der Waals surface area contributed by atoms with Gasteiger partial charge < -0.3 is 11.1 Å².